The fourth-order valence-corrected chi connectivity index (χ4v) is 3.13. The molecule has 0 aliphatic carbocycles. The Morgan fingerprint density at radius 2 is 2.04 bits per heavy atom. The zero-order valence-corrected chi connectivity index (χ0v) is 16.3. The topological polar surface area (TPSA) is 77.4 Å². The van der Waals surface area contributed by atoms with Crippen molar-refractivity contribution in [3.63, 3.8) is 0 Å². The summed E-state index contributed by atoms with van der Waals surface area (Å²) >= 11 is 0. The summed E-state index contributed by atoms with van der Waals surface area (Å²) in [6, 6.07) is 5.32. The molecule has 0 radical (unpaired) electrons. The van der Waals surface area contributed by atoms with Crippen molar-refractivity contribution in [3.05, 3.63) is 41.5 Å². The molecule has 3 heterocycles. The Bertz CT molecular complexity index is 772. The lowest BCUT2D eigenvalue weighted by Crippen LogP contribution is -2.44. The van der Waals surface area contributed by atoms with Crippen molar-refractivity contribution in [1.82, 2.24) is 19.9 Å². The van der Waals surface area contributed by atoms with E-state index in [0.717, 1.165) is 18.5 Å². The van der Waals surface area contributed by atoms with Gasteiger partial charge in [0.15, 0.2) is 0 Å². The van der Waals surface area contributed by atoms with Gasteiger partial charge in [-0.15, -0.1) is 0 Å². The van der Waals surface area contributed by atoms with E-state index < -0.39 is 0 Å². The van der Waals surface area contributed by atoms with E-state index in [1.807, 2.05) is 38.7 Å². The molecule has 7 heteroatoms. The minimum Gasteiger partial charge on any atom is -0.475 e. The maximum atomic E-state index is 12.8. The number of likely N-dealkylation sites (tertiary alicyclic amines) is 1. The van der Waals surface area contributed by atoms with Gasteiger partial charge in [-0.3, -0.25) is 4.79 Å². The van der Waals surface area contributed by atoms with Crippen molar-refractivity contribution in [2.24, 2.45) is 0 Å². The molecule has 1 unspecified atom stereocenters. The van der Waals surface area contributed by atoms with Crippen LogP contribution in [0.5, 0.6) is 11.8 Å². The van der Waals surface area contributed by atoms with E-state index >= 15 is 0 Å². The quantitative estimate of drug-likeness (QED) is 0.805. The Labute approximate surface area is 159 Å². The Hall–Kier alpha value is -2.70. The van der Waals surface area contributed by atoms with Crippen molar-refractivity contribution in [2.75, 3.05) is 13.1 Å². The van der Waals surface area contributed by atoms with E-state index in [4.69, 9.17) is 9.47 Å². The Morgan fingerprint density at radius 1 is 1.22 bits per heavy atom. The smallest absolute Gasteiger partial charge is 0.255 e. The number of ether oxygens (including phenoxy) is 2. The number of piperidine rings is 1. The lowest BCUT2D eigenvalue weighted by molar-refractivity contribution is 0.0526. The zero-order valence-electron chi connectivity index (χ0n) is 16.3. The first kappa shape index (κ1) is 19.1. The number of amides is 1. The average molecular weight is 370 g/mol. The number of aryl methyl sites for hydroxylation is 2. The van der Waals surface area contributed by atoms with Gasteiger partial charge in [-0.2, -0.15) is 4.98 Å². The largest absolute Gasteiger partial charge is 0.475 e. The summed E-state index contributed by atoms with van der Waals surface area (Å²) in [5.74, 6) is 1.73. The van der Waals surface area contributed by atoms with Gasteiger partial charge in [-0.25, -0.2) is 9.97 Å². The van der Waals surface area contributed by atoms with Crippen LogP contribution in [0.1, 0.15) is 48.6 Å². The van der Waals surface area contributed by atoms with Gasteiger partial charge in [0.05, 0.1) is 18.2 Å². The predicted molar refractivity (Wildman–Crippen MR) is 101 cm³/mol. The molecule has 1 aliphatic rings. The SMILES string of the molecule is Cc1cc(OC2CCCN(C(=O)c3ccc(OC(C)C)nc3)C2)nc(C)n1. The molecule has 2 aromatic rings. The van der Waals surface area contributed by atoms with Crippen LogP contribution in [0.4, 0.5) is 0 Å². The van der Waals surface area contributed by atoms with Gasteiger partial charge < -0.3 is 14.4 Å². The number of carbonyl (C=O) groups is 1. The fraction of sp³-hybridized carbons (Fsp3) is 0.500. The minimum absolute atomic E-state index is 0.0399. The minimum atomic E-state index is -0.0760. The van der Waals surface area contributed by atoms with Crippen LogP contribution in [0, 0.1) is 13.8 Å². The first-order valence-electron chi connectivity index (χ1n) is 9.31. The van der Waals surface area contributed by atoms with Crippen molar-refractivity contribution < 1.29 is 14.3 Å². The van der Waals surface area contributed by atoms with E-state index in [2.05, 4.69) is 15.0 Å². The Morgan fingerprint density at radius 3 is 2.70 bits per heavy atom. The summed E-state index contributed by atoms with van der Waals surface area (Å²) in [6.07, 6.45) is 3.33. The molecule has 144 valence electrons. The third-order valence-electron chi connectivity index (χ3n) is 4.24. The Balaban J connectivity index is 1.63. The van der Waals surface area contributed by atoms with Crippen LogP contribution in [0.15, 0.2) is 24.4 Å². The second-order valence-corrected chi connectivity index (χ2v) is 7.08. The summed E-state index contributed by atoms with van der Waals surface area (Å²) in [7, 11) is 0. The number of aromatic nitrogens is 3. The molecule has 3 rings (SSSR count). The van der Waals surface area contributed by atoms with Crippen LogP contribution >= 0.6 is 0 Å². The number of hydrogen-bond acceptors (Lipinski definition) is 6. The van der Waals surface area contributed by atoms with Crippen molar-refractivity contribution in [3.8, 4) is 11.8 Å². The predicted octanol–water partition coefficient (Wildman–Crippen LogP) is 2.96. The molecule has 0 aromatic carbocycles. The van der Waals surface area contributed by atoms with E-state index in [-0.39, 0.29) is 18.1 Å². The van der Waals surface area contributed by atoms with Gasteiger partial charge in [0, 0.05) is 30.6 Å². The van der Waals surface area contributed by atoms with E-state index in [0.29, 0.717) is 36.2 Å². The molecular weight excluding hydrogens is 344 g/mol. The Kier molecular flexibility index (Phi) is 5.88. The summed E-state index contributed by atoms with van der Waals surface area (Å²) in [4.78, 5) is 27.4. The summed E-state index contributed by atoms with van der Waals surface area (Å²) in [5, 5.41) is 0. The van der Waals surface area contributed by atoms with Gasteiger partial charge >= 0.3 is 0 Å². The maximum absolute atomic E-state index is 12.8. The lowest BCUT2D eigenvalue weighted by atomic mass is 10.1. The molecule has 1 atom stereocenters. The van der Waals surface area contributed by atoms with E-state index in [1.165, 1.54) is 0 Å². The van der Waals surface area contributed by atoms with E-state index in [9.17, 15) is 4.79 Å². The zero-order chi connectivity index (χ0) is 19.4. The number of rotatable bonds is 5. The van der Waals surface area contributed by atoms with Gasteiger partial charge in [-0.1, -0.05) is 0 Å². The standard InChI is InChI=1S/C20H26N4O3/c1-13(2)26-18-8-7-16(11-21-18)20(25)24-9-5-6-17(12-24)27-19-10-14(3)22-15(4)23-19/h7-8,10-11,13,17H,5-6,9,12H2,1-4H3. The van der Waals surface area contributed by atoms with Gasteiger partial charge in [-0.05, 0) is 46.6 Å². The molecule has 0 spiro atoms. The fourth-order valence-electron chi connectivity index (χ4n) is 3.13. The maximum Gasteiger partial charge on any atom is 0.255 e. The molecular formula is C20H26N4O3. The van der Waals surface area contributed by atoms with Crippen LogP contribution in [-0.4, -0.2) is 51.1 Å². The number of carbonyl (C=O) groups excluding carboxylic acids is 1. The highest BCUT2D eigenvalue weighted by molar-refractivity contribution is 5.94. The van der Waals surface area contributed by atoms with Crippen LogP contribution in [0.2, 0.25) is 0 Å². The second kappa shape index (κ2) is 8.33. The molecule has 1 amide bonds. The van der Waals surface area contributed by atoms with Gasteiger partial charge in [0.25, 0.3) is 5.91 Å². The highest BCUT2D eigenvalue weighted by Gasteiger charge is 2.26. The van der Waals surface area contributed by atoms with Crippen molar-refractivity contribution in [1.29, 1.82) is 0 Å². The van der Waals surface area contributed by atoms with Crippen LogP contribution in [0.25, 0.3) is 0 Å². The number of hydrogen-bond donors (Lipinski definition) is 0. The molecule has 2 aromatic heterocycles. The van der Waals surface area contributed by atoms with Gasteiger partial charge in [0.2, 0.25) is 11.8 Å². The normalized spacial score (nSPS) is 17.1. The first-order chi connectivity index (χ1) is 12.9. The lowest BCUT2D eigenvalue weighted by Gasteiger charge is -2.32. The van der Waals surface area contributed by atoms with Crippen LogP contribution in [-0.2, 0) is 0 Å². The highest BCUT2D eigenvalue weighted by atomic mass is 16.5. The molecule has 1 saturated heterocycles. The third-order valence-corrected chi connectivity index (χ3v) is 4.24. The first-order valence-corrected chi connectivity index (χ1v) is 9.31. The third kappa shape index (κ3) is 5.15. The number of pyridine rings is 1. The molecule has 1 fully saturated rings. The molecule has 0 bridgehead atoms. The monoisotopic (exact) mass is 370 g/mol. The average Bonchev–Trinajstić information content (AvgIpc) is 2.60. The van der Waals surface area contributed by atoms with Crippen molar-refractivity contribution >= 4 is 5.91 Å². The van der Waals surface area contributed by atoms with Crippen LogP contribution in [0.3, 0.4) is 0 Å². The molecule has 27 heavy (non-hydrogen) atoms. The molecule has 0 saturated carbocycles. The molecule has 1 aliphatic heterocycles. The van der Waals surface area contributed by atoms with Crippen molar-refractivity contribution in [2.45, 2.75) is 52.7 Å². The highest BCUT2D eigenvalue weighted by Crippen LogP contribution is 2.20. The molecule has 7 nitrogen and oxygen atoms in total. The van der Waals surface area contributed by atoms with Crippen LogP contribution < -0.4 is 9.47 Å². The summed E-state index contributed by atoms with van der Waals surface area (Å²) in [5.41, 5.74) is 1.43. The second-order valence-electron chi connectivity index (χ2n) is 7.08. The number of nitrogens with zero attached hydrogens (tertiary/aromatic N) is 4. The summed E-state index contributed by atoms with van der Waals surface area (Å²) in [6.45, 7) is 8.88. The molecule has 0 N–H and O–H groups in total. The summed E-state index contributed by atoms with van der Waals surface area (Å²) < 4.78 is 11.5. The van der Waals surface area contributed by atoms with E-state index in [1.54, 1.807) is 18.3 Å². The van der Waals surface area contributed by atoms with Gasteiger partial charge in [0.1, 0.15) is 11.9 Å².